The second kappa shape index (κ2) is 11.3. The number of rotatable bonds is 7. The van der Waals surface area contributed by atoms with E-state index in [0.717, 1.165) is 56.8 Å². The highest BCUT2D eigenvalue weighted by Gasteiger charge is 2.25. The van der Waals surface area contributed by atoms with Gasteiger partial charge in [0.15, 0.2) is 11.5 Å². The minimum Gasteiger partial charge on any atom is -0.381 e. The van der Waals surface area contributed by atoms with Crippen molar-refractivity contribution in [1.82, 2.24) is 24.7 Å². The van der Waals surface area contributed by atoms with Crippen molar-refractivity contribution in [2.75, 3.05) is 36.5 Å². The molecule has 11 heteroatoms. The summed E-state index contributed by atoms with van der Waals surface area (Å²) in [5.41, 5.74) is 9.13. The number of nitrogens with one attached hydrogen (secondary N) is 2. The lowest BCUT2D eigenvalue weighted by molar-refractivity contribution is 0.0853. The number of hydrogen-bond donors (Lipinski definition) is 3. The molecule has 1 unspecified atom stereocenters. The van der Waals surface area contributed by atoms with Crippen LogP contribution in [0, 0.1) is 0 Å². The zero-order chi connectivity index (χ0) is 27.5. The summed E-state index contributed by atoms with van der Waals surface area (Å²) in [5.74, 6) is 0.630. The first-order valence-electron chi connectivity index (χ1n) is 13.6. The van der Waals surface area contributed by atoms with E-state index in [4.69, 9.17) is 15.5 Å². The minimum absolute atomic E-state index is 0.0634. The fourth-order valence-electron chi connectivity index (χ4n) is 5.43. The Bertz CT molecular complexity index is 1510. The second-order valence-corrected chi connectivity index (χ2v) is 10.3. The van der Waals surface area contributed by atoms with Crippen LogP contribution in [0.15, 0.2) is 61.2 Å². The van der Waals surface area contributed by atoms with Crippen LogP contribution in [0.5, 0.6) is 0 Å². The van der Waals surface area contributed by atoms with E-state index >= 15 is 0 Å². The Morgan fingerprint density at radius 1 is 1.02 bits per heavy atom. The van der Waals surface area contributed by atoms with E-state index in [9.17, 15) is 9.59 Å². The van der Waals surface area contributed by atoms with Gasteiger partial charge in [0.25, 0.3) is 11.8 Å². The van der Waals surface area contributed by atoms with Gasteiger partial charge >= 0.3 is 0 Å². The number of carbonyl (C=O) groups is 2. The number of ether oxygens (including phenoxy) is 1. The molecule has 2 amide bonds. The first kappa shape index (κ1) is 25.8. The number of benzene rings is 1. The minimum atomic E-state index is -0.654. The number of fused-ring (bicyclic) bond motifs is 1. The van der Waals surface area contributed by atoms with E-state index in [-0.39, 0.29) is 17.6 Å². The van der Waals surface area contributed by atoms with E-state index in [0.29, 0.717) is 29.7 Å². The number of amides is 2. The lowest BCUT2D eigenvalue weighted by atomic mass is 9.92. The quantitative estimate of drug-likeness (QED) is 0.325. The fraction of sp³-hybridized carbons (Fsp3) is 0.345. The summed E-state index contributed by atoms with van der Waals surface area (Å²) in [6.45, 7) is 2.91. The van der Waals surface area contributed by atoms with Crippen LogP contribution >= 0.6 is 0 Å². The molecule has 0 bridgehead atoms. The predicted octanol–water partition coefficient (Wildman–Crippen LogP) is 3.26. The Morgan fingerprint density at radius 2 is 1.85 bits per heavy atom. The van der Waals surface area contributed by atoms with Crippen molar-refractivity contribution >= 4 is 34.8 Å². The lowest BCUT2D eigenvalue weighted by Crippen LogP contribution is -2.48. The van der Waals surface area contributed by atoms with Gasteiger partial charge in [-0.3, -0.25) is 9.59 Å². The van der Waals surface area contributed by atoms with Gasteiger partial charge < -0.3 is 30.4 Å². The molecule has 2 fully saturated rings. The molecule has 0 radical (unpaired) electrons. The standard InChI is InChI=1S/C29H32N8O3/c30-27(38)26-28(33-22-6-3-19(4-7-22)20-9-14-40-15-10-20)35-25(16-32-26)36-12-1-2-23(18-36)34-29(39)21-5-8-24-31-11-13-37(24)17-21/h3-8,11,13,16-17,20,23H,1-2,9-10,12,14-15,18H2,(H2,30,38)(H,33,35)(H,34,39). The van der Waals surface area contributed by atoms with Crippen molar-refractivity contribution in [2.24, 2.45) is 5.73 Å². The van der Waals surface area contributed by atoms with Crippen LogP contribution in [0.3, 0.4) is 0 Å². The topological polar surface area (TPSA) is 140 Å². The zero-order valence-corrected chi connectivity index (χ0v) is 22.1. The van der Waals surface area contributed by atoms with Gasteiger partial charge in [-0.25, -0.2) is 15.0 Å². The molecule has 4 N–H and O–H groups in total. The van der Waals surface area contributed by atoms with Gasteiger partial charge in [-0.15, -0.1) is 0 Å². The van der Waals surface area contributed by atoms with Crippen LogP contribution in [0.1, 0.15) is 58.0 Å². The lowest BCUT2D eigenvalue weighted by Gasteiger charge is -2.34. The van der Waals surface area contributed by atoms with Crippen molar-refractivity contribution in [1.29, 1.82) is 0 Å². The molecule has 11 nitrogen and oxygen atoms in total. The number of anilines is 3. The number of nitrogens with two attached hydrogens (primary N) is 1. The van der Waals surface area contributed by atoms with Gasteiger partial charge in [0.05, 0.1) is 11.8 Å². The molecule has 1 aromatic carbocycles. The molecule has 3 aromatic heterocycles. The highest BCUT2D eigenvalue weighted by molar-refractivity contribution is 5.96. The van der Waals surface area contributed by atoms with Gasteiger partial charge in [-0.2, -0.15) is 0 Å². The molecule has 2 saturated heterocycles. The van der Waals surface area contributed by atoms with Crippen LogP contribution in [0.2, 0.25) is 0 Å². The summed E-state index contributed by atoms with van der Waals surface area (Å²) in [4.78, 5) is 40.5. The fourth-order valence-corrected chi connectivity index (χ4v) is 5.43. The van der Waals surface area contributed by atoms with E-state index in [2.05, 4.69) is 37.6 Å². The maximum absolute atomic E-state index is 13.0. The number of nitrogens with zero attached hydrogens (tertiary/aromatic N) is 5. The number of pyridine rings is 1. The Balaban J connectivity index is 1.15. The van der Waals surface area contributed by atoms with Crippen molar-refractivity contribution in [3.05, 3.63) is 78.0 Å². The van der Waals surface area contributed by atoms with E-state index in [1.54, 1.807) is 24.7 Å². The number of carbonyl (C=O) groups excluding carboxylic acids is 2. The van der Waals surface area contributed by atoms with Crippen LogP contribution < -0.4 is 21.3 Å². The first-order valence-corrected chi connectivity index (χ1v) is 13.6. The molecule has 0 saturated carbocycles. The van der Waals surface area contributed by atoms with E-state index in [1.165, 1.54) is 5.56 Å². The third-order valence-corrected chi connectivity index (χ3v) is 7.59. The molecule has 0 aliphatic carbocycles. The Hall–Kier alpha value is -4.51. The van der Waals surface area contributed by atoms with Gasteiger partial charge in [-0.05, 0) is 61.4 Å². The zero-order valence-electron chi connectivity index (χ0n) is 22.1. The molecule has 40 heavy (non-hydrogen) atoms. The monoisotopic (exact) mass is 540 g/mol. The number of hydrogen-bond acceptors (Lipinski definition) is 8. The van der Waals surface area contributed by atoms with Gasteiger partial charge in [0.2, 0.25) is 0 Å². The number of primary amides is 1. The smallest absolute Gasteiger partial charge is 0.271 e. The van der Waals surface area contributed by atoms with Crippen molar-refractivity contribution in [3.8, 4) is 0 Å². The number of piperidine rings is 1. The normalized spacial score (nSPS) is 18.0. The molecule has 206 valence electrons. The van der Waals surface area contributed by atoms with Crippen LogP contribution in [-0.4, -0.2) is 63.5 Å². The van der Waals surface area contributed by atoms with Crippen LogP contribution in [-0.2, 0) is 4.74 Å². The SMILES string of the molecule is NC(=O)c1ncc(N2CCCC(NC(=O)c3ccc4nccn4c3)C2)nc1Nc1ccc(C2CCOCC2)cc1. The molecule has 5 heterocycles. The average molecular weight is 541 g/mol. The largest absolute Gasteiger partial charge is 0.381 e. The number of imidazole rings is 1. The third kappa shape index (κ3) is 5.59. The predicted molar refractivity (Wildman–Crippen MR) is 151 cm³/mol. The molecule has 1 atom stereocenters. The number of aromatic nitrogens is 4. The Morgan fingerprint density at radius 3 is 2.65 bits per heavy atom. The molecule has 2 aliphatic heterocycles. The van der Waals surface area contributed by atoms with Gasteiger partial charge in [0.1, 0.15) is 11.5 Å². The van der Waals surface area contributed by atoms with Crippen molar-refractivity contribution in [2.45, 2.75) is 37.6 Å². The summed E-state index contributed by atoms with van der Waals surface area (Å²) in [7, 11) is 0. The molecule has 6 rings (SSSR count). The molecule has 4 aromatic rings. The molecule has 0 spiro atoms. The highest BCUT2D eigenvalue weighted by atomic mass is 16.5. The maximum Gasteiger partial charge on any atom is 0.271 e. The Labute approximate surface area is 231 Å². The average Bonchev–Trinajstić information content (AvgIpc) is 3.46. The molecular weight excluding hydrogens is 508 g/mol. The van der Waals surface area contributed by atoms with Gasteiger partial charge in [-0.1, -0.05) is 12.1 Å². The van der Waals surface area contributed by atoms with Crippen molar-refractivity contribution < 1.29 is 14.3 Å². The first-order chi connectivity index (χ1) is 19.5. The van der Waals surface area contributed by atoms with E-state index < -0.39 is 5.91 Å². The van der Waals surface area contributed by atoms with Crippen LogP contribution in [0.25, 0.3) is 5.65 Å². The maximum atomic E-state index is 13.0. The van der Waals surface area contributed by atoms with Crippen LogP contribution in [0.4, 0.5) is 17.3 Å². The van der Waals surface area contributed by atoms with Gasteiger partial charge in [0, 0.05) is 56.6 Å². The Kier molecular flexibility index (Phi) is 7.28. The van der Waals surface area contributed by atoms with E-state index in [1.807, 2.05) is 28.8 Å². The summed E-state index contributed by atoms with van der Waals surface area (Å²) >= 11 is 0. The summed E-state index contributed by atoms with van der Waals surface area (Å²) < 4.78 is 7.30. The highest BCUT2D eigenvalue weighted by Crippen LogP contribution is 2.29. The molecular formula is C29H32N8O3. The second-order valence-electron chi connectivity index (χ2n) is 10.3. The third-order valence-electron chi connectivity index (χ3n) is 7.59. The van der Waals surface area contributed by atoms with Crippen molar-refractivity contribution in [3.63, 3.8) is 0 Å². The summed E-state index contributed by atoms with van der Waals surface area (Å²) in [6, 6.07) is 11.7. The summed E-state index contributed by atoms with van der Waals surface area (Å²) in [5, 5.41) is 6.39. The summed E-state index contributed by atoms with van der Waals surface area (Å²) in [6.07, 6.45) is 10.6. The molecule has 2 aliphatic rings.